The van der Waals surface area contributed by atoms with Crippen molar-refractivity contribution >= 4 is 11.9 Å². The molecular weight excluding hydrogens is 352 g/mol. The molecule has 0 heterocycles. The molecule has 0 saturated heterocycles. The van der Waals surface area contributed by atoms with Gasteiger partial charge in [-0.2, -0.15) is 0 Å². The van der Waals surface area contributed by atoms with Gasteiger partial charge in [0.05, 0.1) is 12.8 Å². The molecule has 0 spiro atoms. The van der Waals surface area contributed by atoms with E-state index in [2.05, 4.69) is 19.9 Å². The number of carbonyl (C=O) groups excluding carboxylic acids is 1. The van der Waals surface area contributed by atoms with Crippen LogP contribution in [0.25, 0.3) is 0 Å². The van der Waals surface area contributed by atoms with Crippen LogP contribution in [0.2, 0.25) is 0 Å². The molecule has 0 aliphatic heterocycles. The highest BCUT2D eigenvalue weighted by Gasteiger charge is 2.12. The van der Waals surface area contributed by atoms with Gasteiger partial charge < -0.3 is 9.84 Å². The number of rotatable bonds is 20. The van der Waals surface area contributed by atoms with Crippen molar-refractivity contribution in [1.29, 1.82) is 0 Å². The molecule has 4 heteroatoms. The van der Waals surface area contributed by atoms with Crippen LogP contribution in [-0.4, -0.2) is 23.1 Å². The third-order valence-corrected chi connectivity index (χ3v) is 4.99. The van der Waals surface area contributed by atoms with E-state index in [0.717, 1.165) is 25.7 Å². The maximum Gasteiger partial charge on any atom is 0.306 e. The van der Waals surface area contributed by atoms with Gasteiger partial charge in [-0.05, 0) is 31.8 Å². The largest absolute Gasteiger partial charge is 0.481 e. The van der Waals surface area contributed by atoms with Gasteiger partial charge in [0.2, 0.25) is 0 Å². The first-order chi connectivity index (χ1) is 13.6. The zero-order chi connectivity index (χ0) is 20.9. The van der Waals surface area contributed by atoms with Gasteiger partial charge in [0.1, 0.15) is 6.10 Å². The molecule has 0 radical (unpaired) electrons. The van der Waals surface area contributed by atoms with E-state index < -0.39 is 11.9 Å². The van der Waals surface area contributed by atoms with Gasteiger partial charge in [-0.15, -0.1) is 0 Å². The monoisotopic (exact) mass is 396 g/mol. The standard InChI is InChI=1S/C24H44O4/c1-3-5-7-8-9-10-11-12-13-14-15-16-17-19-22(18-6-4-2)28-24(27)21-20-23(25)26/h17,19,22H,3-16,18,20-21H2,1-2H3,(H,25,26)/b19-17+. The lowest BCUT2D eigenvalue weighted by Crippen LogP contribution is -2.17. The summed E-state index contributed by atoms with van der Waals surface area (Å²) in [4.78, 5) is 22.3. The van der Waals surface area contributed by atoms with Gasteiger partial charge in [0, 0.05) is 0 Å². The number of allylic oxidation sites excluding steroid dienone is 1. The number of esters is 1. The van der Waals surface area contributed by atoms with E-state index in [1.54, 1.807) is 0 Å². The first-order valence-electron chi connectivity index (χ1n) is 11.7. The number of carboxylic acid groups (broad SMARTS) is 1. The Labute approximate surface area is 173 Å². The van der Waals surface area contributed by atoms with Crippen LogP contribution in [0.3, 0.4) is 0 Å². The lowest BCUT2D eigenvalue weighted by molar-refractivity contribution is -0.150. The van der Waals surface area contributed by atoms with Crippen LogP contribution in [0.5, 0.6) is 0 Å². The van der Waals surface area contributed by atoms with Crippen molar-refractivity contribution in [3.05, 3.63) is 12.2 Å². The second kappa shape index (κ2) is 20.4. The van der Waals surface area contributed by atoms with Crippen molar-refractivity contribution < 1.29 is 19.4 Å². The molecule has 4 nitrogen and oxygen atoms in total. The van der Waals surface area contributed by atoms with Crippen LogP contribution >= 0.6 is 0 Å². The average Bonchev–Trinajstić information content (AvgIpc) is 2.67. The molecule has 0 bridgehead atoms. The topological polar surface area (TPSA) is 63.6 Å². The molecule has 0 aromatic heterocycles. The number of hydrogen-bond donors (Lipinski definition) is 1. The molecule has 28 heavy (non-hydrogen) atoms. The Morgan fingerprint density at radius 1 is 0.786 bits per heavy atom. The predicted octanol–water partition coefficient (Wildman–Crippen LogP) is 7.21. The van der Waals surface area contributed by atoms with Gasteiger partial charge in [-0.1, -0.05) is 90.6 Å². The third kappa shape index (κ3) is 19.4. The van der Waals surface area contributed by atoms with Crippen LogP contribution in [0, 0.1) is 0 Å². The average molecular weight is 397 g/mol. The summed E-state index contributed by atoms with van der Waals surface area (Å²) in [5.74, 6) is -1.38. The third-order valence-electron chi connectivity index (χ3n) is 4.99. The van der Waals surface area contributed by atoms with Crippen molar-refractivity contribution in [1.82, 2.24) is 0 Å². The van der Waals surface area contributed by atoms with Crippen molar-refractivity contribution in [3.8, 4) is 0 Å². The van der Waals surface area contributed by atoms with Crippen molar-refractivity contribution in [2.75, 3.05) is 0 Å². The van der Waals surface area contributed by atoms with Crippen molar-refractivity contribution in [3.63, 3.8) is 0 Å². The van der Waals surface area contributed by atoms with E-state index in [9.17, 15) is 9.59 Å². The second-order valence-electron chi connectivity index (χ2n) is 7.82. The van der Waals surface area contributed by atoms with E-state index in [4.69, 9.17) is 9.84 Å². The molecule has 0 aromatic rings. The SMILES string of the molecule is CCCCCCCCCCCCC/C=C/C(CCCC)OC(=O)CCC(=O)O. The predicted molar refractivity (Wildman–Crippen MR) is 116 cm³/mol. The summed E-state index contributed by atoms with van der Waals surface area (Å²) in [6.07, 6.45) is 22.3. The Morgan fingerprint density at radius 3 is 1.86 bits per heavy atom. The Balaban J connectivity index is 3.76. The van der Waals surface area contributed by atoms with Crippen LogP contribution in [0.15, 0.2) is 12.2 Å². The summed E-state index contributed by atoms with van der Waals surface area (Å²) in [7, 11) is 0. The fraction of sp³-hybridized carbons (Fsp3) is 0.833. The zero-order valence-corrected chi connectivity index (χ0v) is 18.4. The van der Waals surface area contributed by atoms with E-state index in [1.807, 2.05) is 6.08 Å². The molecule has 164 valence electrons. The molecule has 0 saturated carbocycles. The van der Waals surface area contributed by atoms with Crippen molar-refractivity contribution in [2.45, 2.75) is 129 Å². The lowest BCUT2D eigenvalue weighted by Gasteiger charge is -2.13. The van der Waals surface area contributed by atoms with Gasteiger partial charge >= 0.3 is 11.9 Å². The Bertz CT molecular complexity index is 403. The summed E-state index contributed by atoms with van der Waals surface area (Å²) in [6, 6.07) is 0. The Kier molecular flexibility index (Phi) is 19.5. The Hall–Kier alpha value is -1.32. The molecule has 0 aliphatic rings. The van der Waals surface area contributed by atoms with Gasteiger partial charge in [0.25, 0.3) is 0 Å². The fourth-order valence-corrected chi connectivity index (χ4v) is 3.21. The summed E-state index contributed by atoms with van der Waals surface area (Å²) in [5, 5.41) is 8.65. The van der Waals surface area contributed by atoms with Gasteiger partial charge in [0.15, 0.2) is 0 Å². The fourth-order valence-electron chi connectivity index (χ4n) is 3.21. The first-order valence-corrected chi connectivity index (χ1v) is 11.7. The molecule has 0 amide bonds. The molecule has 1 unspecified atom stereocenters. The van der Waals surface area contributed by atoms with E-state index in [-0.39, 0.29) is 18.9 Å². The number of hydrogen-bond acceptors (Lipinski definition) is 3. The summed E-state index contributed by atoms with van der Waals surface area (Å²) in [6.45, 7) is 4.37. The minimum absolute atomic E-state index is 0.0512. The molecule has 0 fully saturated rings. The van der Waals surface area contributed by atoms with Crippen molar-refractivity contribution in [2.24, 2.45) is 0 Å². The maximum absolute atomic E-state index is 11.7. The number of aliphatic carboxylic acids is 1. The minimum atomic E-state index is -0.964. The van der Waals surface area contributed by atoms with Gasteiger partial charge in [-0.25, -0.2) is 0 Å². The van der Waals surface area contributed by atoms with E-state index in [0.29, 0.717) is 0 Å². The Morgan fingerprint density at radius 2 is 1.32 bits per heavy atom. The molecule has 0 aromatic carbocycles. The summed E-state index contributed by atoms with van der Waals surface area (Å²) < 4.78 is 5.42. The molecule has 1 atom stereocenters. The normalized spacial score (nSPS) is 12.4. The van der Waals surface area contributed by atoms with Crippen LogP contribution in [0.4, 0.5) is 0 Å². The highest BCUT2D eigenvalue weighted by atomic mass is 16.5. The molecule has 0 aliphatic carbocycles. The van der Waals surface area contributed by atoms with Gasteiger partial charge in [-0.3, -0.25) is 9.59 Å². The smallest absolute Gasteiger partial charge is 0.306 e. The zero-order valence-electron chi connectivity index (χ0n) is 18.4. The highest BCUT2D eigenvalue weighted by Crippen LogP contribution is 2.13. The van der Waals surface area contributed by atoms with Crippen LogP contribution < -0.4 is 0 Å². The number of unbranched alkanes of at least 4 members (excludes halogenated alkanes) is 12. The highest BCUT2D eigenvalue weighted by molar-refractivity contribution is 5.76. The minimum Gasteiger partial charge on any atom is -0.481 e. The van der Waals surface area contributed by atoms with Crippen LogP contribution in [-0.2, 0) is 14.3 Å². The summed E-state index contributed by atoms with van der Waals surface area (Å²) in [5.41, 5.74) is 0. The first kappa shape index (κ1) is 26.7. The molecule has 0 rings (SSSR count). The second-order valence-corrected chi connectivity index (χ2v) is 7.82. The lowest BCUT2D eigenvalue weighted by atomic mass is 10.0. The number of carbonyl (C=O) groups is 2. The molecule has 1 N–H and O–H groups in total. The maximum atomic E-state index is 11.7. The number of ether oxygens (including phenoxy) is 1. The summed E-state index contributed by atoms with van der Waals surface area (Å²) >= 11 is 0. The van der Waals surface area contributed by atoms with E-state index in [1.165, 1.54) is 70.6 Å². The number of carboxylic acids is 1. The molecular formula is C24H44O4. The quantitative estimate of drug-likeness (QED) is 0.134. The van der Waals surface area contributed by atoms with Crippen LogP contribution in [0.1, 0.15) is 123 Å². The van der Waals surface area contributed by atoms with E-state index >= 15 is 0 Å².